The molecule has 6 nitrogen and oxygen atoms in total. The first-order chi connectivity index (χ1) is 11.6. The van der Waals surface area contributed by atoms with Crippen LogP contribution in [-0.4, -0.2) is 43.8 Å². The van der Waals surface area contributed by atoms with Crippen LogP contribution in [0.4, 0.5) is 5.69 Å². The molecule has 0 bridgehead atoms. The van der Waals surface area contributed by atoms with Gasteiger partial charge in [0.2, 0.25) is 0 Å². The number of aryl methyl sites for hydroxylation is 1. The quantitative estimate of drug-likeness (QED) is 0.724. The summed E-state index contributed by atoms with van der Waals surface area (Å²) in [5.41, 5.74) is 16.4. The zero-order valence-electron chi connectivity index (χ0n) is 14.2. The van der Waals surface area contributed by atoms with Gasteiger partial charge in [0.1, 0.15) is 0 Å². The summed E-state index contributed by atoms with van der Waals surface area (Å²) in [7, 11) is 0. The largest absolute Gasteiger partial charge is 0.398 e. The molecular formula is C18H26N6. The minimum atomic E-state index is 0.724. The number of allylic oxidation sites excluding steroid dienone is 2. The van der Waals surface area contributed by atoms with Crippen LogP contribution in [0.2, 0.25) is 0 Å². The molecule has 24 heavy (non-hydrogen) atoms. The van der Waals surface area contributed by atoms with E-state index in [0.717, 1.165) is 67.5 Å². The lowest BCUT2D eigenvalue weighted by Crippen LogP contribution is -2.44. The molecule has 0 atom stereocenters. The molecule has 6 heteroatoms. The van der Waals surface area contributed by atoms with Gasteiger partial charge in [-0.05, 0) is 36.8 Å². The number of rotatable bonds is 4. The number of nitrogens with two attached hydrogens (primary N) is 2. The zero-order chi connectivity index (χ0) is 16.9. The molecule has 2 aliphatic heterocycles. The van der Waals surface area contributed by atoms with Crippen molar-refractivity contribution in [1.29, 1.82) is 0 Å². The van der Waals surface area contributed by atoms with Gasteiger partial charge in [0.05, 0.1) is 11.5 Å². The van der Waals surface area contributed by atoms with Gasteiger partial charge >= 0.3 is 0 Å². The van der Waals surface area contributed by atoms with Gasteiger partial charge in [-0.1, -0.05) is 6.07 Å². The van der Waals surface area contributed by atoms with Gasteiger partial charge in [0.15, 0.2) is 0 Å². The maximum atomic E-state index is 6.26. The second-order valence-corrected chi connectivity index (χ2v) is 6.16. The summed E-state index contributed by atoms with van der Waals surface area (Å²) in [5, 5.41) is 9.69. The van der Waals surface area contributed by atoms with Gasteiger partial charge in [-0.25, -0.2) is 0 Å². The molecule has 2 heterocycles. The highest BCUT2D eigenvalue weighted by Gasteiger charge is 2.11. The van der Waals surface area contributed by atoms with Crippen LogP contribution in [0.25, 0.3) is 5.70 Å². The number of hydrogen-bond acceptors (Lipinski definition) is 6. The van der Waals surface area contributed by atoms with E-state index in [-0.39, 0.29) is 0 Å². The number of hydrazone groups is 1. The van der Waals surface area contributed by atoms with E-state index in [1.54, 1.807) is 0 Å². The number of benzene rings is 1. The van der Waals surface area contributed by atoms with Gasteiger partial charge in [-0.15, -0.1) is 0 Å². The molecule has 1 fully saturated rings. The predicted molar refractivity (Wildman–Crippen MR) is 101 cm³/mol. The molecule has 0 spiro atoms. The highest BCUT2D eigenvalue weighted by Crippen LogP contribution is 2.24. The lowest BCUT2D eigenvalue weighted by atomic mass is 10.0. The summed E-state index contributed by atoms with van der Waals surface area (Å²) >= 11 is 0. The Labute approximate surface area is 143 Å². The van der Waals surface area contributed by atoms with Crippen LogP contribution in [0.5, 0.6) is 0 Å². The van der Waals surface area contributed by atoms with Crippen LogP contribution in [-0.2, 0) is 0 Å². The van der Waals surface area contributed by atoms with Crippen LogP contribution in [0.1, 0.15) is 17.5 Å². The van der Waals surface area contributed by atoms with E-state index >= 15 is 0 Å². The van der Waals surface area contributed by atoms with E-state index in [9.17, 15) is 0 Å². The SMILES string of the molecule is Cc1cc(N2CCC=N2)ccc1/C(N)=C/C=C(\N)N1CCNCC1. The Bertz CT molecular complexity index is 670. The number of hydrogen-bond donors (Lipinski definition) is 3. The first-order valence-corrected chi connectivity index (χ1v) is 8.45. The molecule has 0 saturated carbocycles. The third-order valence-corrected chi connectivity index (χ3v) is 4.43. The van der Waals surface area contributed by atoms with E-state index in [4.69, 9.17) is 11.5 Å². The van der Waals surface area contributed by atoms with Gasteiger partial charge in [0.25, 0.3) is 0 Å². The van der Waals surface area contributed by atoms with Crippen molar-refractivity contribution in [2.75, 3.05) is 37.7 Å². The molecular weight excluding hydrogens is 300 g/mol. The number of nitrogens with zero attached hydrogens (tertiary/aromatic N) is 3. The van der Waals surface area contributed by atoms with E-state index in [1.165, 1.54) is 0 Å². The minimum absolute atomic E-state index is 0.724. The van der Waals surface area contributed by atoms with Crippen molar-refractivity contribution in [3.05, 3.63) is 47.3 Å². The third-order valence-electron chi connectivity index (χ3n) is 4.43. The monoisotopic (exact) mass is 326 g/mol. The molecule has 2 aliphatic rings. The van der Waals surface area contributed by atoms with Crippen molar-refractivity contribution in [3.63, 3.8) is 0 Å². The van der Waals surface area contributed by atoms with Crippen molar-refractivity contribution in [1.82, 2.24) is 10.2 Å². The van der Waals surface area contributed by atoms with Crippen LogP contribution in [0.15, 0.2) is 41.3 Å². The van der Waals surface area contributed by atoms with Crippen molar-refractivity contribution in [2.45, 2.75) is 13.3 Å². The van der Waals surface area contributed by atoms with Crippen LogP contribution in [0, 0.1) is 6.92 Å². The second kappa shape index (κ2) is 7.40. The highest BCUT2D eigenvalue weighted by atomic mass is 15.5. The Morgan fingerprint density at radius 1 is 1.17 bits per heavy atom. The predicted octanol–water partition coefficient (Wildman–Crippen LogP) is 1.20. The average molecular weight is 326 g/mol. The molecule has 1 aromatic carbocycles. The molecule has 0 unspecified atom stereocenters. The third kappa shape index (κ3) is 3.71. The van der Waals surface area contributed by atoms with Gasteiger partial charge in [0, 0.05) is 56.6 Å². The van der Waals surface area contributed by atoms with E-state index in [2.05, 4.69) is 40.4 Å². The maximum absolute atomic E-state index is 6.26. The fourth-order valence-electron chi connectivity index (χ4n) is 3.02. The molecule has 0 amide bonds. The van der Waals surface area contributed by atoms with Crippen molar-refractivity contribution < 1.29 is 0 Å². The molecule has 3 rings (SSSR count). The summed E-state index contributed by atoms with van der Waals surface area (Å²) in [4.78, 5) is 2.17. The Morgan fingerprint density at radius 3 is 2.62 bits per heavy atom. The summed E-state index contributed by atoms with van der Waals surface area (Å²) in [6.07, 6.45) is 6.74. The van der Waals surface area contributed by atoms with E-state index in [0.29, 0.717) is 0 Å². The molecule has 0 aliphatic carbocycles. The van der Waals surface area contributed by atoms with E-state index < -0.39 is 0 Å². The van der Waals surface area contributed by atoms with Crippen LogP contribution < -0.4 is 21.8 Å². The summed E-state index contributed by atoms with van der Waals surface area (Å²) in [5.74, 6) is 0.764. The zero-order valence-corrected chi connectivity index (χ0v) is 14.2. The Morgan fingerprint density at radius 2 is 1.96 bits per heavy atom. The Kier molecular flexibility index (Phi) is 5.05. The first kappa shape index (κ1) is 16.4. The summed E-state index contributed by atoms with van der Waals surface area (Å²) in [6.45, 7) is 6.80. The summed E-state index contributed by atoms with van der Waals surface area (Å²) in [6, 6.07) is 6.25. The maximum Gasteiger partial charge on any atom is 0.0988 e. The lowest BCUT2D eigenvalue weighted by molar-refractivity contribution is 0.296. The normalized spacial score (nSPS) is 19.2. The fraction of sp³-hybridized carbons (Fsp3) is 0.389. The minimum Gasteiger partial charge on any atom is -0.398 e. The fourth-order valence-corrected chi connectivity index (χ4v) is 3.02. The molecule has 5 N–H and O–H groups in total. The summed E-state index contributed by atoms with van der Waals surface area (Å²) < 4.78 is 0. The molecule has 0 radical (unpaired) electrons. The number of nitrogens with one attached hydrogen (secondary N) is 1. The number of anilines is 1. The standard InChI is InChI=1S/C18H26N6/c1-14-13-15(24-10-2-7-22-24)3-4-16(14)17(19)5-6-18(20)23-11-8-21-9-12-23/h3-7,13,21H,2,8-12,19-20H2,1H3/b17-5-,18-6+. The highest BCUT2D eigenvalue weighted by molar-refractivity contribution is 5.71. The van der Waals surface area contributed by atoms with E-state index in [1.807, 2.05) is 23.4 Å². The van der Waals surface area contributed by atoms with Crippen molar-refractivity contribution >= 4 is 17.6 Å². The second-order valence-electron chi connectivity index (χ2n) is 6.16. The average Bonchev–Trinajstić information content (AvgIpc) is 3.14. The van der Waals surface area contributed by atoms with Gasteiger partial charge in [-0.2, -0.15) is 5.10 Å². The Hall–Kier alpha value is -2.47. The first-order valence-electron chi connectivity index (χ1n) is 8.45. The topological polar surface area (TPSA) is 82.9 Å². The molecule has 1 aromatic rings. The molecule has 1 saturated heterocycles. The van der Waals surface area contributed by atoms with Crippen molar-refractivity contribution in [2.24, 2.45) is 16.6 Å². The van der Waals surface area contributed by atoms with Gasteiger partial charge < -0.3 is 21.7 Å². The number of piperazine rings is 1. The van der Waals surface area contributed by atoms with Crippen molar-refractivity contribution in [3.8, 4) is 0 Å². The molecule has 128 valence electrons. The lowest BCUT2D eigenvalue weighted by Gasteiger charge is -2.29. The van der Waals surface area contributed by atoms with Gasteiger partial charge in [-0.3, -0.25) is 5.01 Å². The van der Waals surface area contributed by atoms with Crippen LogP contribution in [0.3, 0.4) is 0 Å². The Balaban J connectivity index is 1.73. The molecule has 0 aromatic heterocycles. The smallest absolute Gasteiger partial charge is 0.0988 e. The van der Waals surface area contributed by atoms with Crippen LogP contribution >= 0.6 is 0 Å².